The molecule has 9 heteroatoms. The highest BCUT2D eigenvalue weighted by atomic mass is 32.2. The first-order valence-corrected chi connectivity index (χ1v) is 8.32. The molecule has 0 radical (unpaired) electrons. The molecule has 0 bridgehead atoms. The first kappa shape index (κ1) is 16.7. The number of imide groups is 1. The maximum Gasteiger partial charge on any atom is 0.413 e. The smallest absolute Gasteiger partial charge is 0.413 e. The van der Waals surface area contributed by atoms with Gasteiger partial charge in [-0.1, -0.05) is 41.3 Å². The van der Waals surface area contributed by atoms with Crippen molar-refractivity contribution in [1.82, 2.24) is 15.1 Å². The van der Waals surface area contributed by atoms with Crippen LogP contribution in [0.25, 0.3) is 5.69 Å². The zero-order chi connectivity index (χ0) is 16.1. The highest BCUT2D eigenvalue weighted by Crippen LogP contribution is 2.27. The highest BCUT2D eigenvalue weighted by molar-refractivity contribution is 8.02. The number of carbonyl (C=O) groups excluding carboxylic acids is 2. The number of nitrogens with one attached hydrogen (secondary N) is 1. The van der Waals surface area contributed by atoms with Gasteiger partial charge in [0.15, 0.2) is 8.29 Å². The first-order chi connectivity index (χ1) is 10.5. The molecule has 1 atom stereocenters. The van der Waals surface area contributed by atoms with Gasteiger partial charge in [0.2, 0.25) is 5.91 Å². The van der Waals surface area contributed by atoms with E-state index in [1.54, 1.807) is 11.6 Å². The Kier molecular flexibility index (Phi) is 5.69. The number of carbonyl (C=O) groups is 2. The number of aromatic nitrogens is 2. The van der Waals surface area contributed by atoms with Gasteiger partial charge < -0.3 is 4.74 Å². The summed E-state index contributed by atoms with van der Waals surface area (Å²) in [7, 11) is 1.20. The van der Waals surface area contributed by atoms with E-state index in [1.807, 2.05) is 30.3 Å². The van der Waals surface area contributed by atoms with Crippen molar-refractivity contribution in [2.75, 3.05) is 7.11 Å². The fraction of sp³-hybridized carbons (Fsp3) is 0.231. The molecule has 0 saturated carbocycles. The number of amides is 2. The molecule has 0 unspecified atom stereocenters. The molecule has 6 nitrogen and oxygen atoms in total. The highest BCUT2D eigenvalue weighted by Gasteiger charge is 2.19. The Morgan fingerprint density at radius 2 is 2.09 bits per heavy atom. The summed E-state index contributed by atoms with van der Waals surface area (Å²) in [5.74, 6) is -0.441. The first-order valence-electron chi connectivity index (χ1n) is 6.22. The van der Waals surface area contributed by atoms with Gasteiger partial charge in [0.05, 0.1) is 18.0 Å². The van der Waals surface area contributed by atoms with Crippen LogP contribution in [-0.2, 0) is 9.53 Å². The number of para-hydroxylation sites is 1. The summed E-state index contributed by atoms with van der Waals surface area (Å²) >= 11 is 7.84. The number of rotatable bonds is 4. The van der Waals surface area contributed by atoms with E-state index in [1.165, 1.54) is 30.2 Å². The number of benzene rings is 1. The van der Waals surface area contributed by atoms with Gasteiger partial charge in [0.25, 0.3) is 0 Å². The van der Waals surface area contributed by atoms with Crippen molar-refractivity contribution in [1.29, 1.82) is 0 Å². The molecular formula is C13H13N3O3S3. The fourth-order valence-electron chi connectivity index (χ4n) is 1.50. The Hall–Kier alpha value is -1.71. The van der Waals surface area contributed by atoms with E-state index in [2.05, 4.69) is 15.2 Å². The van der Waals surface area contributed by atoms with Crippen molar-refractivity contribution in [3.63, 3.8) is 0 Å². The SMILES string of the molecule is COC(=O)NC(=O)[C@H](C)Sc1nn(-c2ccccc2)c(=S)s1. The lowest BCUT2D eigenvalue weighted by atomic mass is 10.3. The van der Waals surface area contributed by atoms with Crippen LogP contribution in [0, 0.1) is 3.95 Å². The summed E-state index contributed by atoms with van der Waals surface area (Å²) < 4.78 is 7.28. The molecule has 0 fully saturated rings. The summed E-state index contributed by atoms with van der Waals surface area (Å²) in [6.45, 7) is 1.68. The Morgan fingerprint density at radius 3 is 2.73 bits per heavy atom. The number of alkyl carbamates (subject to hydrolysis) is 1. The van der Waals surface area contributed by atoms with Crippen LogP contribution in [0.15, 0.2) is 34.7 Å². The molecule has 1 aromatic heterocycles. The van der Waals surface area contributed by atoms with Crippen molar-refractivity contribution in [2.45, 2.75) is 16.5 Å². The molecule has 0 aliphatic heterocycles. The quantitative estimate of drug-likeness (QED) is 0.671. The van der Waals surface area contributed by atoms with Crippen LogP contribution in [0.5, 0.6) is 0 Å². The summed E-state index contributed by atoms with van der Waals surface area (Å²) in [6, 6.07) is 9.51. The second-order valence-corrected chi connectivity index (χ2v) is 7.33. The van der Waals surface area contributed by atoms with E-state index < -0.39 is 17.3 Å². The van der Waals surface area contributed by atoms with Crippen molar-refractivity contribution < 1.29 is 14.3 Å². The van der Waals surface area contributed by atoms with E-state index >= 15 is 0 Å². The van der Waals surface area contributed by atoms with Gasteiger partial charge >= 0.3 is 6.09 Å². The predicted octanol–water partition coefficient (Wildman–Crippen LogP) is 3.03. The maximum atomic E-state index is 11.8. The number of hydrogen-bond donors (Lipinski definition) is 1. The van der Waals surface area contributed by atoms with Gasteiger partial charge in [-0.2, -0.15) is 0 Å². The van der Waals surface area contributed by atoms with Crippen molar-refractivity contribution >= 4 is 47.3 Å². The van der Waals surface area contributed by atoms with Crippen LogP contribution >= 0.6 is 35.3 Å². The zero-order valence-electron chi connectivity index (χ0n) is 11.8. The Balaban J connectivity index is 2.10. The second kappa shape index (κ2) is 7.52. The monoisotopic (exact) mass is 355 g/mol. The minimum atomic E-state index is -0.778. The van der Waals surface area contributed by atoms with E-state index in [4.69, 9.17) is 12.2 Å². The molecule has 2 aromatic rings. The molecule has 1 heterocycles. The standard InChI is InChI=1S/C13H13N3O3S3/c1-8(10(17)14-11(18)19-2)21-12-15-16(13(20)22-12)9-6-4-3-5-7-9/h3-8H,1-2H3,(H,14,17,18)/t8-/m0/s1. The number of methoxy groups -OCH3 is 1. The van der Waals surface area contributed by atoms with Gasteiger partial charge in [-0.25, -0.2) is 9.48 Å². The number of hydrogen-bond acceptors (Lipinski definition) is 7. The number of nitrogens with zero attached hydrogens (tertiary/aromatic N) is 2. The van der Waals surface area contributed by atoms with Crippen LogP contribution in [0.2, 0.25) is 0 Å². The van der Waals surface area contributed by atoms with Crippen LogP contribution in [0.3, 0.4) is 0 Å². The topological polar surface area (TPSA) is 73.2 Å². The van der Waals surface area contributed by atoms with Gasteiger partial charge in [0.1, 0.15) is 0 Å². The Bertz CT molecular complexity index is 727. The average Bonchev–Trinajstić information content (AvgIpc) is 2.88. The molecular weight excluding hydrogens is 342 g/mol. The summed E-state index contributed by atoms with van der Waals surface area (Å²) in [6.07, 6.45) is -0.778. The lowest BCUT2D eigenvalue weighted by Gasteiger charge is -2.08. The van der Waals surface area contributed by atoms with Crippen molar-refractivity contribution in [3.05, 3.63) is 34.3 Å². The number of thioether (sulfide) groups is 1. The number of ether oxygens (including phenoxy) is 1. The largest absolute Gasteiger partial charge is 0.453 e. The second-order valence-electron chi connectivity index (χ2n) is 4.12. The minimum absolute atomic E-state index is 0.441. The molecule has 2 rings (SSSR count). The molecule has 0 aliphatic carbocycles. The average molecular weight is 355 g/mol. The fourth-order valence-corrected chi connectivity index (χ4v) is 4.00. The van der Waals surface area contributed by atoms with Crippen LogP contribution in [0.4, 0.5) is 4.79 Å². The van der Waals surface area contributed by atoms with E-state index in [0.29, 0.717) is 8.29 Å². The van der Waals surface area contributed by atoms with Gasteiger partial charge in [-0.05, 0) is 31.3 Å². The molecule has 2 amide bonds. The van der Waals surface area contributed by atoms with Crippen LogP contribution in [0.1, 0.15) is 6.92 Å². The Morgan fingerprint density at radius 1 is 1.41 bits per heavy atom. The van der Waals surface area contributed by atoms with Crippen molar-refractivity contribution in [2.24, 2.45) is 0 Å². The molecule has 22 heavy (non-hydrogen) atoms. The lowest BCUT2D eigenvalue weighted by Crippen LogP contribution is -2.35. The van der Waals surface area contributed by atoms with Gasteiger partial charge in [-0.15, -0.1) is 5.10 Å². The predicted molar refractivity (Wildman–Crippen MR) is 88.1 cm³/mol. The molecule has 116 valence electrons. The molecule has 0 saturated heterocycles. The molecule has 1 N–H and O–H groups in total. The third-order valence-electron chi connectivity index (χ3n) is 2.59. The summed E-state index contributed by atoms with van der Waals surface area (Å²) in [5.41, 5.74) is 0.863. The minimum Gasteiger partial charge on any atom is -0.453 e. The third-order valence-corrected chi connectivity index (χ3v) is 5.00. The van der Waals surface area contributed by atoms with Gasteiger partial charge in [-0.3, -0.25) is 10.1 Å². The van der Waals surface area contributed by atoms with Crippen LogP contribution < -0.4 is 5.32 Å². The van der Waals surface area contributed by atoms with E-state index in [0.717, 1.165) is 5.69 Å². The Labute approximate surface area is 140 Å². The zero-order valence-corrected chi connectivity index (χ0v) is 14.3. The third kappa shape index (κ3) is 4.15. The normalized spacial score (nSPS) is 11.7. The summed E-state index contributed by atoms with van der Waals surface area (Å²) in [4.78, 5) is 22.8. The van der Waals surface area contributed by atoms with E-state index in [-0.39, 0.29) is 0 Å². The van der Waals surface area contributed by atoms with Gasteiger partial charge in [0, 0.05) is 0 Å². The molecule has 1 aromatic carbocycles. The van der Waals surface area contributed by atoms with Crippen molar-refractivity contribution in [3.8, 4) is 5.69 Å². The summed E-state index contributed by atoms with van der Waals surface area (Å²) in [5, 5.41) is 6.03. The lowest BCUT2D eigenvalue weighted by molar-refractivity contribution is -0.119. The van der Waals surface area contributed by atoms with E-state index in [9.17, 15) is 9.59 Å². The molecule has 0 aliphatic rings. The molecule has 0 spiro atoms. The van der Waals surface area contributed by atoms with Crippen LogP contribution in [-0.4, -0.2) is 34.1 Å². The maximum absolute atomic E-state index is 11.8.